The highest BCUT2D eigenvalue weighted by Gasteiger charge is 2.32. The van der Waals surface area contributed by atoms with E-state index in [0.29, 0.717) is 24.2 Å². The summed E-state index contributed by atoms with van der Waals surface area (Å²) in [5, 5.41) is 5.15. The van der Waals surface area contributed by atoms with Crippen LogP contribution in [-0.4, -0.2) is 20.8 Å². The summed E-state index contributed by atoms with van der Waals surface area (Å²) >= 11 is 0. The maximum absolute atomic E-state index is 13.2. The van der Waals surface area contributed by atoms with Crippen LogP contribution in [0.15, 0.2) is 18.2 Å². The minimum Gasteiger partial charge on any atom is -0.493 e. The summed E-state index contributed by atoms with van der Waals surface area (Å²) in [4.78, 5) is 0. The summed E-state index contributed by atoms with van der Waals surface area (Å²) in [6.07, 6.45) is 1.28. The highest BCUT2D eigenvalue weighted by molar-refractivity contribution is 7.89. The third kappa shape index (κ3) is 4.76. The topological polar surface area (TPSA) is 69.4 Å². The summed E-state index contributed by atoms with van der Waals surface area (Å²) in [6, 6.07) is 4.47. The quantitative estimate of drug-likeness (QED) is 0.841. The Morgan fingerprint density at radius 3 is 2.35 bits per heavy atom. The van der Waals surface area contributed by atoms with Crippen LogP contribution in [0.5, 0.6) is 5.75 Å². The standard InChI is InChI=1S/C14H22FNO3S/c1-4-14(5-2,10-20(16,17)18)9-19-12-6-7-13(15)11(3)8-12/h6-8H,4-5,9-10H2,1-3H3,(H2,16,17,18). The van der Waals surface area contributed by atoms with E-state index in [0.717, 1.165) is 0 Å². The molecule has 0 bridgehead atoms. The molecule has 0 fully saturated rings. The number of rotatable bonds is 7. The number of hydrogen-bond donors (Lipinski definition) is 1. The molecule has 0 aliphatic rings. The van der Waals surface area contributed by atoms with Gasteiger partial charge in [0.25, 0.3) is 0 Å². The molecule has 4 nitrogen and oxygen atoms in total. The van der Waals surface area contributed by atoms with Crippen LogP contribution in [-0.2, 0) is 10.0 Å². The first-order chi connectivity index (χ1) is 9.21. The SMILES string of the molecule is CCC(CC)(COc1ccc(F)c(C)c1)CS(N)(=O)=O. The Morgan fingerprint density at radius 1 is 1.30 bits per heavy atom. The van der Waals surface area contributed by atoms with Crippen molar-refractivity contribution in [3.63, 3.8) is 0 Å². The lowest BCUT2D eigenvalue weighted by atomic mass is 9.85. The molecule has 0 amide bonds. The van der Waals surface area contributed by atoms with Gasteiger partial charge in [-0.3, -0.25) is 0 Å². The van der Waals surface area contributed by atoms with Crippen LogP contribution in [0.4, 0.5) is 4.39 Å². The minimum atomic E-state index is -3.57. The number of aryl methyl sites for hydroxylation is 1. The van der Waals surface area contributed by atoms with Gasteiger partial charge in [-0.15, -0.1) is 0 Å². The Balaban J connectivity index is 2.83. The van der Waals surface area contributed by atoms with Crippen molar-refractivity contribution in [3.8, 4) is 5.75 Å². The van der Waals surface area contributed by atoms with Crippen molar-refractivity contribution >= 4 is 10.0 Å². The smallest absolute Gasteiger partial charge is 0.209 e. The zero-order valence-corrected chi connectivity index (χ0v) is 13.0. The average molecular weight is 303 g/mol. The van der Waals surface area contributed by atoms with Gasteiger partial charge in [-0.05, 0) is 43.5 Å². The van der Waals surface area contributed by atoms with Crippen LogP contribution in [0.3, 0.4) is 0 Å². The molecule has 0 radical (unpaired) electrons. The fraction of sp³-hybridized carbons (Fsp3) is 0.571. The van der Waals surface area contributed by atoms with Crippen molar-refractivity contribution in [2.45, 2.75) is 33.6 Å². The molecule has 0 saturated heterocycles. The van der Waals surface area contributed by atoms with E-state index in [-0.39, 0.29) is 18.2 Å². The molecular weight excluding hydrogens is 281 g/mol. The number of sulfonamides is 1. The minimum absolute atomic E-state index is 0.118. The summed E-state index contributed by atoms with van der Waals surface area (Å²) in [5.74, 6) is 0.122. The van der Waals surface area contributed by atoms with E-state index in [1.807, 2.05) is 13.8 Å². The number of primary sulfonamides is 1. The van der Waals surface area contributed by atoms with Crippen molar-refractivity contribution in [2.24, 2.45) is 10.6 Å². The lowest BCUT2D eigenvalue weighted by Crippen LogP contribution is -2.37. The van der Waals surface area contributed by atoms with Gasteiger partial charge in [-0.1, -0.05) is 13.8 Å². The molecule has 0 atom stereocenters. The zero-order chi connectivity index (χ0) is 15.4. The Bertz CT molecular complexity index is 554. The van der Waals surface area contributed by atoms with E-state index in [4.69, 9.17) is 9.88 Å². The average Bonchev–Trinajstić information content (AvgIpc) is 2.37. The molecule has 2 N–H and O–H groups in total. The largest absolute Gasteiger partial charge is 0.493 e. The molecule has 20 heavy (non-hydrogen) atoms. The molecule has 6 heteroatoms. The second kappa shape index (κ2) is 6.54. The normalized spacial score (nSPS) is 12.4. The zero-order valence-electron chi connectivity index (χ0n) is 12.1. The predicted octanol–water partition coefficient (Wildman–Crippen LogP) is 2.61. The van der Waals surface area contributed by atoms with Crippen LogP contribution in [0, 0.1) is 18.2 Å². The first-order valence-corrected chi connectivity index (χ1v) is 8.32. The van der Waals surface area contributed by atoms with Gasteiger partial charge in [-0.2, -0.15) is 0 Å². The van der Waals surface area contributed by atoms with Gasteiger partial charge in [-0.25, -0.2) is 17.9 Å². The predicted molar refractivity (Wildman–Crippen MR) is 77.6 cm³/mol. The molecule has 0 aliphatic heterocycles. The molecule has 0 aliphatic carbocycles. The Labute approximate surface area is 120 Å². The molecule has 114 valence electrons. The molecule has 0 spiro atoms. The highest BCUT2D eigenvalue weighted by atomic mass is 32.2. The van der Waals surface area contributed by atoms with Crippen LogP contribution in [0.2, 0.25) is 0 Å². The van der Waals surface area contributed by atoms with Gasteiger partial charge in [0.15, 0.2) is 0 Å². The van der Waals surface area contributed by atoms with Crippen molar-refractivity contribution in [2.75, 3.05) is 12.4 Å². The van der Waals surface area contributed by atoms with Crippen molar-refractivity contribution in [1.29, 1.82) is 0 Å². The van der Waals surface area contributed by atoms with Crippen LogP contribution < -0.4 is 9.88 Å². The summed E-state index contributed by atoms with van der Waals surface area (Å²) < 4.78 is 41.5. The van der Waals surface area contributed by atoms with E-state index in [1.54, 1.807) is 13.0 Å². The number of nitrogens with two attached hydrogens (primary N) is 1. The third-order valence-corrected chi connectivity index (χ3v) is 4.70. The second-order valence-electron chi connectivity index (χ2n) is 5.21. The van der Waals surface area contributed by atoms with E-state index >= 15 is 0 Å². The lowest BCUT2D eigenvalue weighted by molar-refractivity contribution is 0.154. The third-order valence-electron chi connectivity index (χ3n) is 3.68. The molecule has 1 aromatic rings. The fourth-order valence-corrected chi connectivity index (χ4v) is 3.42. The molecule has 0 unspecified atom stereocenters. The van der Waals surface area contributed by atoms with Crippen LogP contribution >= 0.6 is 0 Å². The van der Waals surface area contributed by atoms with E-state index in [1.165, 1.54) is 12.1 Å². The van der Waals surface area contributed by atoms with E-state index in [2.05, 4.69) is 0 Å². The number of halogens is 1. The summed E-state index contributed by atoms with van der Waals surface area (Å²) in [5.41, 5.74) is -0.0249. The summed E-state index contributed by atoms with van der Waals surface area (Å²) in [6.45, 7) is 5.71. The molecule has 0 aromatic heterocycles. The Kier molecular flexibility index (Phi) is 5.53. The molecule has 1 aromatic carbocycles. The number of hydrogen-bond acceptors (Lipinski definition) is 3. The van der Waals surface area contributed by atoms with E-state index < -0.39 is 15.4 Å². The summed E-state index contributed by atoms with van der Waals surface area (Å²) in [7, 11) is -3.57. The van der Waals surface area contributed by atoms with Crippen LogP contribution in [0.1, 0.15) is 32.3 Å². The van der Waals surface area contributed by atoms with Gasteiger partial charge >= 0.3 is 0 Å². The lowest BCUT2D eigenvalue weighted by Gasteiger charge is -2.30. The molecule has 1 rings (SSSR count). The maximum Gasteiger partial charge on any atom is 0.209 e. The first-order valence-electron chi connectivity index (χ1n) is 6.61. The van der Waals surface area contributed by atoms with Crippen molar-refractivity contribution in [3.05, 3.63) is 29.6 Å². The Hall–Kier alpha value is -1.14. The van der Waals surface area contributed by atoms with E-state index in [9.17, 15) is 12.8 Å². The van der Waals surface area contributed by atoms with Gasteiger partial charge in [0.1, 0.15) is 11.6 Å². The van der Waals surface area contributed by atoms with Crippen molar-refractivity contribution < 1.29 is 17.5 Å². The highest BCUT2D eigenvalue weighted by Crippen LogP contribution is 2.29. The van der Waals surface area contributed by atoms with Gasteiger partial charge in [0, 0.05) is 5.41 Å². The van der Waals surface area contributed by atoms with Crippen molar-refractivity contribution in [1.82, 2.24) is 0 Å². The second-order valence-corrected chi connectivity index (χ2v) is 6.83. The van der Waals surface area contributed by atoms with Gasteiger partial charge in [0.2, 0.25) is 10.0 Å². The molecule has 0 saturated carbocycles. The molecular formula is C14H22FNO3S. The van der Waals surface area contributed by atoms with Gasteiger partial charge < -0.3 is 4.74 Å². The molecule has 0 heterocycles. The number of ether oxygens (including phenoxy) is 1. The fourth-order valence-electron chi connectivity index (χ4n) is 2.07. The number of benzene rings is 1. The van der Waals surface area contributed by atoms with Gasteiger partial charge in [0.05, 0.1) is 12.4 Å². The van der Waals surface area contributed by atoms with Crippen LogP contribution in [0.25, 0.3) is 0 Å². The monoisotopic (exact) mass is 303 g/mol. The maximum atomic E-state index is 13.2. The Morgan fingerprint density at radius 2 is 1.90 bits per heavy atom. The first kappa shape index (κ1) is 16.9.